The van der Waals surface area contributed by atoms with Crippen molar-refractivity contribution in [2.45, 2.75) is 6.92 Å². The van der Waals surface area contributed by atoms with E-state index in [9.17, 15) is 0 Å². The molecule has 0 aromatic carbocycles. The van der Waals surface area contributed by atoms with Crippen molar-refractivity contribution in [2.24, 2.45) is 15.7 Å². The molecule has 0 aliphatic carbocycles. The molecule has 15 heavy (non-hydrogen) atoms. The van der Waals surface area contributed by atoms with Gasteiger partial charge in [-0.05, 0) is 19.3 Å². The van der Waals surface area contributed by atoms with Crippen molar-refractivity contribution in [3.63, 3.8) is 0 Å². The number of rotatable bonds is 4. The van der Waals surface area contributed by atoms with Crippen molar-refractivity contribution >= 4 is 23.1 Å². The van der Waals surface area contributed by atoms with Crippen LogP contribution in [0, 0.1) is 12.8 Å². The maximum Gasteiger partial charge on any atom is 0.153 e. The van der Waals surface area contributed by atoms with Gasteiger partial charge in [0.05, 0.1) is 6.54 Å². The van der Waals surface area contributed by atoms with Crippen LogP contribution in [0.4, 0.5) is 0 Å². The van der Waals surface area contributed by atoms with Gasteiger partial charge in [0.2, 0.25) is 0 Å². The highest BCUT2D eigenvalue weighted by Crippen LogP contribution is 1.90. The van der Waals surface area contributed by atoms with E-state index in [0.29, 0.717) is 11.7 Å². The van der Waals surface area contributed by atoms with Gasteiger partial charge < -0.3 is 5.73 Å². The van der Waals surface area contributed by atoms with Crippen LogP contribution in [0.5, 0.6) is 0 Å². The Balaban J connectivity index is 0. The molecule has 0 heterocycles. The molecule has 0 saturated carbocycles. The third-order valence-electron chi connectivity index (χ3n) is 1.13. The molecule has 0 unspecified atom stereocenters. The summed E-state index contributed by atoms with van der Waals surface area (Å²) in [6.45, 7) is 2.49. The zero-order chi connectivity index (χ0) is 11.9. The van der Waals surface area contributed by atoms with Gasteiger partial charge in [0.15, 0.2) is 5.17 Å². The number of amidine groups is 1. The van der Waals surface area contributed by atoms with Gasteiger partial charge in [0.1, 0.15) is 0 Å². The predicted molar refractivity (Wildman–Crippen MR) is 72.3 cm³/mol. The van der Waals surface area contributed by atoms with Crippen LogP contribution >= 0.6 is 11.8 Å². The number of aliphatic imine (C=N–C) groups is 2. The summed E-state index contributed by atoms with van der Waals surface area (Å²) in [4.78, 5) is 7.96. The van der Waals surface area contributed by atoms with Crippen LogP contribution in [0.2, 0.25) is 0 Å². The summed E-state index contributed by atoms with van der Waals surface area (Å²) < 4.78 is 0. The van der Waals surface area contributed by atoms with Gasteiger partial charge in [-0.25, -0.2) is 0 Å². The van der Waals surface area contributed by atoms with E-state index in [1.807, 2.05) is 31.4 Å². The second-order valence-electron chi connectivity index (χ2n) is 2.06. The highest BCUT2D eigenvalue weighted by Gasteiger charge is 1.81. The Labute approximate surface area is 96.3 Å². The number of nitrogens with two attached hydrogens (primary N) is 1. The van der Waals surface area contributed by atoms with Crippen LogP contribution in [-0.4, -0.2) is 24.2 Å². The molecule has 0 aliphatic heterocycles. The molecule has 0 radical (unpaired) electrons. The van der Waals surface area contributed by atoms with Gasteiger partial charge in [0, 0.05) is 12.4 Å². The van der Waals surface area contributed by atoms with E-state index >= 15 is 0 Å². The highest BCUT2D eigenvalue weighted by molar-refractivity contribution is 8.13. The Morgan fingerprint density at radius 3 is 2.60 bits per heavy atom. The lowest BCUT2D eigenvalue weighted by Crippen LogP contribution is -2.05. The number of hydrogen-bond acceptors (Lipinski definition) is 3. The first-order valence-corrected chi connectivity index (χ1v) is 5.50. The first-order chi connectivity index (χ1) is 7.31. The number of hydrogen-bond donors (Lipinski definition) is 1. The summed E-state index contributed by atoms with van der Waals surface area (Å²) in [5, 5.41) is 0.611. The monoisotopic (exact) mass is 223 g/mol. The third kappa shape index (κ3) is 15.3. The Bertz CT molecular complexity index is 262. The molecular formula is C11H17N3S. The smallest absolute Gasteiger partial charge is 0.153 e. The molecule has 0 aromatic rings. The zero-order valence-corrected chi connectivity index (χ0v) is 9.95. The minimum Gasteiger partial charge on any atom is -0.379 e. The summed E-state index contributed by atoms with van der Waals surface area (Å²) in [7, 11) is 0. The SMILES string of the molecule is C#C.CC=N/C=C\C=C\CN=C(N)SC. The van der Waals surface area contributed by atoms with Gasteiger partial charge in [-0.3, -0.25) is 9.98 Å². The molecule has 0 amide bonds. The van der Waals surface area contributed by atoms with Crippen molar-refractivity contribution in [1.82, 2.24) is 0 Å². The largest absolute Gasteiger partial charge is 0.379 e. The van der Waals surface area contributed by atoms with E-state index in [1.165, 1.54) is 11.8 Å². The quantitative estimate of drug-likeness (QED) is 0.343. The van der Waals surface area contributed by atoms with Gasteiger partial charge in [-0.15, -0.1) is 12.8 Å². The Morgan fingerprint density at radius 2 is 2.07 bits per heavy atom. The number of nitrogens with zero attached hydrogens (tertiary/aromatic N) is 2. The molecule has 0 fully saturated rings. The first-order valence-electron chi connectivity index (χ1n) is 4.28. The van der Waals surface area contributed by atoms with Crippen molar-refractivity contribution in [3.05, 3.63) is 24.4 Å². The average Bonchev–Trinajstić information content (AvgIpc) is 2.30. The molecule has 0 aromatic heterocycles. The molecule has 0 atom stereocenters. The molecule has 0 aliphatic rings. The number of allylic oxidation sites excluding steroid dienone is 2. The maximum absolute atomic E-state index is 5.47. The molecule has 0 saturated heterocycles. The summed E-state index contributed by atoms with van der Waals surface area (Å²) in [5.74, 6) is 0. The average molecular weight is 223 g/mol. The van der Waals surface area contributed by atoms with E-state index in [-0.39, 0.29) is 0 Å². The summed E-state index contributed by atoms with van der Waals surface area (Å²) in [6, 6.07) is 0. The normalized spacial score (nSPS) is 12.1. The molecule has 3 nitrogen and oxygen atoms in total. The second-order valence-corrected chi connectivity index (χ2v) is 2.89. The lowest BCUT2D eigenvalue weighted by Gasteiger charge is -1.89. The van der Waals surface area contributed by atoms with Crippen LogP contribution < -0.4 is 5.73 Å². The van der Waals surface area contributed by atoms with Gasteiger partial charge >= 0.3 is 0 Å². The van der Waals surface area contributed by atoms with E-state index in [2.05, 4.69) is 22.8 Å². The lowest BCUT2D eigenvalue weighted by molar-refractivity contribution is 1.24. The summed E-state index contributed by atoms with van der Waals surface area (Å²) in [5.41, 5.74) is 5.47. The molecule has 0 spiro atoms. The third-order valence-corrected chi connectivity index (χ3v) is 1.68. The van der Waals surface area contributed by atoms with Crippen LogP contribution in [0.15, 0.2) is 34.4 Å². The van der Waals surface area contributed by atoms with Crippen LogP contribution in [0.25, 0.3) is 0 Å². The molecule has 2 N–H and O–H groups in total. The first kappa shape index (κ1) is 16.0. The summed E-state index contributed by atoms with van der Waals surface area (Å²) in [6.07, 6.45) is 19.0. The Kier molecular flexibility index (Phi) is 16.0. The molecule has 4 heteroatoms. The van der Waals surface area contributed by atoms with Crippen LogP contribution in [0.3, 0.4) is 0 Å². The maximum atomic E-state index is 5.47. The Hall–Kier alpha value is -1.47. The van der Waals surface area contributed by atoms with Crippen molar-refractivity contribution in [3.8, 4) is 12.8 Å². The van der Waals surface area contributed by atoms with E-state index in [0.717, 1.165) is 0 Å². The molecule has 0 rings (SSSR count). The van der Waals surface area contributed by atoms with E-state index in [1.54, 1.807) is 12.4 Å². The molecule has 82 valence electrons. The van der Waals surface area contributed by atoms with Gasteiger partial charge in [-0.1, -0.05) is 23.9 Å². The Morgan fingerprint density at radius 1 is 1.40 bits per heavy atom. The fourth-order valence-corrected chi connectivity index (χ4v) is 0.736. The summed E-state index contributed by atoms with van der Waals surface area (Å²) >= 11 is 1.45. The minimum absolute atomic E-state index is 0.611. The fourth-order valence-electron chi connectivity index (χ4n) is 0.532. The topological polar surface area (TPSA) is 50.7 Å². The zero-order valence-electron chi connectivity index (χ0n) is 9.13. The number of terminal acetylenes is 1. The van der Waals surface area contributed by atoms with Gasteiger partial charge in [0.25, 0.3) is 0 Å². The van der Waals surface area contributed by atoms with Crippen LogP contribution in [0.1, 0.15) is 6.92 Å². The van der Waals surface area contributed by atoms with E-state index in [4.69, 9.17) is 5.73 Å². The highest BCUT2D eigenvalue weighted by atomic mass is 32.2. The number of thioether (sulfide) groups is 1. The van der Waals surface area contributed by atoms with E-state index < -0.39 is 0 Å². The fraction of sp³-hybridized carbons (Fsp3) is 0.273. The lowest BCUT2D eigenvalue weighted by atomic mass is 10.5. The van der Waals surface area contributed by atoms with Crippen molar-refractivity contribution in [2.75, 3.05) is 12.8 Å². The second kappa shape index (κ2) is 15.0. The molecular weight excluding hydrogens is 206 g/mol. The van der Waals surface area contributed by atoms with Gasteiger partial charge in [-0.2, -0.15) is 0 Å². The minimum atomic E-state index is 0.611. The van der Waals surface area contributed by atoms with Crippen LogP contribution in [-0.2, 0) is 0 Å². The molecule has 0 bridgehead atoms. The van der Waals surface area contributed by atoms with Crippen molar-refractivity contribution < 1.29 is 0 Å². The predicted octanol–water partition coefficient (Wildman–Crippen LogP) is 2.07. The standard InChI is InChI=1S/C9H15N3S.C2H2/c1-3-11-7-5-4-6-8-12-9(10)13-2;1-2/h3-7H,8H2,1-2H3,(H2,10,12);1-2H/b6-4+,7-5-,11-3?;. The van der Waals surface area contributed by atoms with Crippen molar-refractivity contribution in [1.29, 1.82) is 0 Å².